The highest BCUT2D eigenvalue weighted by molar-refractivity contribution is 6.06. The number of hydrogen-bond acceptors (Lipinski definition) is 2. The third-order valence-corrected chi connectivity index (χ3v) is 3.04. The number of hydrogen-bond donors (Lipinski definition) is 0. The molecule has 0 saturated carbocycles. The van der Waals surface area contributed by atoms with Crippen LogP contribution in [0.15, 0.2) is 48.5 Å². The minimum absolute atomic E-state index is 0.0384. The number of ether oxygens (including phenoxy) is 1. The number of nitrogens with zero attached hydrogens (tertiary/aromatic N) is 1. The normalized spacial score (nSPS) is 10.2. The maximum absolute atomic E-state index is 14.0. The fourth-order valence-corrected chi connectivity index (χ4v) is 1.99. The quantitative estimate of drug-likeness (QED) is 0.853. The Morgan fingerprint density at radius 2 is 1.90 bits per heavy atom. The lowest BCUT2D eigenvalue weighted by atomic mass is 10.1. The summed E-state index contributed by atoms with van der Waals surface area (Å²) in [5, 5.41) is 0. The van der Waals surface area contributed by atoms with E-state index in [4.69, 9.17) is 4.74 Å². The number of para-hydroxylation sites is 1. The lowest BCUT2D eigenvalue weighted by molar-refractivity contribution is 0.0984. The number of halogens is 1. The molecule has 20 heavy (non-hydrogen) atoms. The van der Waals surface area contributed by atoms with Crippen molar-refractivity contribution in [1.29, 1.82) is 0 Å². The Balaban J connectivity index is 2.34. The number of amides is 1. The standard InChI is InChI=1S/C16H16FNO2/c1-3-18(12-7-5-4-6-8-12)16(19)14-10-9-13(20-2)11-15(14)17/h4-11H,3H2,1-2H3. The molecule has 3 nitrogen and oxygen atoms in total. The first kappa shape index (κ1) is 14.1. The van der Waals surface area contributed by atoms with Crippen LogP contribution in [0.2, 0.25) is 0 Å². The predicted octanol–water partition coefficient (Wildman–Crippen LogP) is 3.50. The molecule has 0 bridgehead atoms. The molecule has 0 radical (unpaired) electrons. The van der Waals surface area contributed by atoms with Gasteiger partial charge >= 0.3 is 0 Å². The molecule has 0 N–H and O–H groups in total. The summed E-state index contributed by atoms with van der Waals surface area (Å²) in [7, 11) is 1.46. The van der Waals surface area contributed by atoms with Gasteiger partial charge < -0.3 is 9.64 Å². The second-order valence-electron chi connectivity index (χ2n) is 4.23. The molecule has 0 aromatic heterocycles. The van der Waals surface area contributed by atoms with E-state index in [1.54, 1.807) is 6.07 Å². The van der Waals surface area contributed by atoms with Crippen LogP contribution in [0.25, 0.3) is 0 Å². The molecule has 0 aliphatic carbocycles. The van der Waals surface area contributed by atoms with Crippen LogP contribution in [0, 0.1) is 5.82 Å². The number of rotatable bonds is 4. The van der Waals surface area contributed by atoms with Gasteiger partial charge in [-0.15, -0.1) is 0 Å². The second-order valence-corrected chi connectivity index (χ2v) is 4.23. The SMILES string of the molecule is CCN(C(=O)c1ccc(OC)cc1F)c1ccccc1. The van der Waals surface area contributed by atoms with Crippen LogP contribution in [-0.4, -0.2) is 19.6 Å². The molecule has 0 spiro atoms. The molecule has 0 fully saturated rings. The Bertz CT molecular complexity index is 599. The molecule has 2 rings (SSSR count). The Hall–Kier alpha value is -2.36. The van der Waals surface area contributed by atoms with Gasteiger partial charge in [-0.3, -0.25) is 4.79 Å². The van der Waals surface area contributed by atoms with E-state index < -0.39 is 5.82 Å². The third-order valence-electron chi connectivity index (χ3n) is 3.04. The maximum atomic E-state index is 14.0. The highest BCUT2D eigenvalue weighted by Gasteiger charge is 2.19. The van der Waals surface area contributed by atoms with Crippen molar-refractivity contribution < 1.29 is 13.9 Å². The summed E-state index contributed by atoms with van der Waals surface area (Å²) in [5.74, 6) is -0.551. The van der Waals surface area contributed by atoms with Crippen molar-refractivity contribution in [2.75, 3.05) is 18.6 Å². The first-order valence-electron chi connectivity index (χ1n) is 6.37. The fraction of sp³-hybridized carbons (Fsp3) is 0.188. The van der Waals surface area contributed by atoms with E-state index in [-0.39, 0.29) is 11.5 Å². The van der Waals surface area contributed by atoms with E-state index in [1.165, 1.54) is 24.1 Å². The number of carbonyl (C=O) groups is 1. The summed E-state index contributed by atoms with van der Waals surface area (Å²) in [4.78, 5) is 14.0. The van der Waals surface area contributed by atoms with Gasteiger partial charge in [-0.25, -0.2) is 4.39 Å². The van der Waals surface area contributed by atoms with E-state index >= 15 is 0 Å². The minimum Gasteiger partial charge on any atom is -0.497 e. The molecule has 0 unspecified atom stereocenters. The summed E-state index contributed by atoms with van der Waals surface area (Å²) in [6, 6.07) is 13.4. The molecule has 2 aromatic rings. The van der Waals surface area contributed by atoms with Gasteiger partial charge in [0, 0.05) is 18.3 Å². The summed E-state index contributed by atoms with van der Waals surface area (Å²) in [6.07, 6.45) is 0. The van der Waals surface area contributed by atoms with Gasteiger partial charge in [-0.1, -0.05) is 18.2 Å². The van der Waals surface area contributed by atoms with Gasteiger partial charge in [-0.05, 0) is 31.2 Å². The van der Waals surface area contributed by atoms with Gasteiger partial charge in [0.2, 0.25) is 0 Å². The lowest BCUT2D eigenvalue weighted by Crippen LogP contribution is -2.31. The summed E-state index contributed by atoms with van der Waals surface area (Å²) >= 11 is 0. The van der Waals surface area contributed by atoms with Gasteiger partial charge in [0.05, 0.1) is 12.7 Å². The summed E-state index contributed by atoms with van der Waals surface area (Å²) < 4.78 is 18.9. The van der Waals surface area contributed by atoms with Crippen LogP contribution in [0.3, 0.4) is 0 Å². The van der Waals surface area contributed by atoms with E-state index in [0.717, 1.165) is 5.69 Å². The van der Waals surface area contributed by atoms with Crippen molar-refractivity contribution in [1.82, 2.24) is 0 Å². The van der Waals surface area contributed by atoms with Crippen molar-refractivity contribution in [3.8, 4) is 5.75 Å². The highest BCUT2D eigenvalue weighted by Crippen LogP contribution is 2.21. The Kier molecular flexibility index (Phi) is 4.35. The molecule has 0 atom stereocenters. The van der Waals surface area contributed by atoms with Crippen LogP contribution in [0.1, 0.15) is 17.3 Å². The van der Waals surface area contributed by atoms with Gasteiger partial charge in [-0.2, -0.15) is 0 Å². The van der Waals surface area contributed by atoms with Crippen molar-refractivity contribution in [3.63, 3.8) is 0 Å². The Labute approximate surface area is 117 Å². The van der Waals surface area contributed by atoms with E-state index in [1.807, 2.05) is 37.3 Å². The molecule has 1 amide bonds. The zero-order valence-electron chi connectivity index (χ0n) is 11.5. The van der Waals surface area contributed by atoms with Crippen molar-refractivity contribution in [3.05, 3.63) is 59.9 Å². The molecule has 0 saturated heterocycles. The van der Waals surface area contributed by atoms with Gasteiger partial charge in [0.1, 0.15) is 11.6 Å². The number of carbonyl (C=O) groups excluding carboxylic acids is 1. The highest BCUT2D eigenvalue weighted by atomic mass is 19.1. The fourth-order valence-electron chi connectivity index (χ4n) is 1.99. The first-order valence-corrected chi connectivity index (χ1v) is 6.37. The molecule has 4 heteroatoms. The number of methoxy groups -OCH3 is 1. The lowest BCUT2D eigenvalue weighted by Gasteiger charge is -2.21. The molecule has 0 aliphatic rings. The second kappa shape index (κ2) is 6.19. The molecule has 2 aromatic carbocycles. The van der Waals surface area contributed by atoms with Crippen LogP contribution in [-0.2, 0) is 0 Å². The van der Waals surface area contributed by atoms with E-state index in [2.05, 4.69) is 0 Å². The average Bonchev–Trinajstić information content (AvgIpc) is 2.48. The molecule has 0 aliphatic heterocycles. The maximum Gasteiger partial charge on any atom is 0.261 e. The Morgan fingerprint density at radius 1 is 1.20 bits per heavy atom. The zero-order chi connectivity index (χ0) is 14.5. The predicted molar refractivity (Wildman–Crippen MR) is 76.7 cm³/mol. The van der Waals surface area contributed by atoms with E-state index in [9.17, 15) is 9.18 Å². The van der Waals surface area contributed by atoms with Crippen LogP contribution in [0.4, 0.5) is 10.1 Å². The number of benzene rings is 2. The largest absolute Gasteiger partial charge is 0.497 e. The average molecular weight is 273 g/mol. The molecular weight excluding hydrogens is 257 g/mol. The smallest absolute Gasteiger partial charge is 0.261 e. The van der Waals surface area contributed by atoms with Crippen LogP contribution < -0.4 is 9.64 Å². The third kappa shape index (κ3) is 2.79. The van der Waals surface area contributed by atoms with Crippen LogP contribution in [0.5, 0.6) is 5.75 Å². The molecular formula is C16H16FNO2. The monoisotopic (exact) mass is 273 g/mol. The Morgan fingerprint density at radius 3 is 2.45 bits per heavy atom. The number of anilines is 1. The summed E-state index contributed by atoms with van der Waals surface area (Å²) in [6.45, 7) is 2.32. The minimum atomic E-state index is -0.580. The van der Waals surface area contributed by atoms with Crippen molar-refractivity contribution in [2.45, 2.75) is 6.92 Å². The van der Waals surface area contributed by atoms with Gasteiger partial charge in [0.25, 0.3) is 5.91 Å². The van der Waals surface area contributed by atoms with Crippen molar-refractivity contribution in [2.24, 2.45) is 0 Å². The topological polar surface area (TPSA) is 29.5 Å². The zero-order valence-corrected chi connectivity index (χ0v) is 11.5. The summed E-state index contributed by atoms with van der Waals surface area (Å²) in [5.41, 5.74) is 0.784. The van der Waals surface area contributed by atoms with Crippen LogP contribution >= 0.6 is 0 Å². The molecule has 104 valence electrons. The van der Waals surface area contributed by atoms with Crippen molar-refractivity contribution >= 4 is 11.6 Å². The van der Waals surface area contributed by atoms with Gasteiger partial charge in [0.15, 0.2) is 0 Å². The van der Waals surface area contributed by atoms with E-state index in [0.29, 0.717) is 12.3 Å². The molecule has 0 heterocycles. The first-order chi connectivity index (χ1) is 9.67.